The highest BCUT2D eigenvalue weighted by Gasteiger charge is 1.96. The molecule has 0 amide bonds. The first-order chi connectivity index (χ1) is 5.61. The van der Waals surface area contributed by atoms with E-state index in [0.29, 0.717) is 0 Å². The van der Waals surface area contributed by atoms with Gasteiger partial charge >= 0.3 is 0 Å². The Morgan fingerprint density at radius 1 is 0.917 bits per heavy atom. The zero-order valence-corrected chi connectivity index (χ0v) is 8.73. The third kappa shape index (κ3) is 2.57. The van der Waals surface area contributed by atoms with Crippen molar-refractivity contribution in [2.45, 2.75) is 34.6 Å². The van der Waals surface area contributed by atoms with Gasteiger partial charge in [0.2, 0.25) is 0 Å². The third-order valence-corrected chi connectivity index (χ3v) is 1.95. The Hall–Kier alpha value is -0.980. The highest BCUT2D eigenvalue weighted by molar-refractivity contribution is 5.48. The topological polar surface area (TPSA) is 26.0 Å². The second-order valence-electron chi connectivity index (χ2n) is 2.78. The van der Waals surface area contributed by atoms with E-state index in [0.717, 1.165) is 5.69 Å². The number of aryl methyl sites for hydroxylation is 2. The van der Waals surface area contributed by atoms with Gasteiger partial charge in [-0.25, -0.2) is 0 Å². The van der Waals surface area contributed by atoms with Crippen LogP contribution in [0.25, 0.3) is 0 Å². The first-order valence-corrected chi connectivity index (χ1v) is 4.44. The first-order valence-electron chi connectivity index (χ1n) is 4.44. The van der Waals surface area contributed by atoms with Crippen molar-refractivity contribution in [3.63, 3.8) is 0 Å². The molecule has 0 aliphatic heterocycles. The molecule has 0 unspecified atom stereocenters. The summed E-state index contributed by atoms with van der Waals surface area (Å²) in [5, 5.41) is 0. The molecule has 1 heteroatoms. The van der Waals surface area contributed by atoms with Crippen molar-refractivity contribution >= 4 is 5.69 Å². The molecular formula is C11H19N. The van der Waals surface area contributed by atoms with E-state index in [9.17, 15) is 0 Å². The Balaban J connectivity index is 0.000000561. The summed E-state index contributed by atoms with van der Waals surface area (Å²) in [6.07, 6.45) is 0. The van der Waals surface area contributed by atoms with Gasteiger partial charge in [-0.2, -0.15) is 0 Å². The molecule has 0 fully saturated rings. The molecule has 0 aromatic heterocycles. The lowest BCUT2D eigenvalue weighted by Gasteiger charge is -2.04. The maximum absolute atomic E-state index is 5.63. The fourth-order valence-electron chi connectivity index (χ4n) is 1.07. The molecule has 0 spiro atoms. The number of benzene rings is 1. The van der Waals surface area contributed by atoms with Crippen molar-refractivity contribution < 1.29 is 0 Å². The summed E-state index contributed by atoms with van der Waals surface area (Å²) in [6, 6.07) is 4.00. The van der Waals surface area contributed by atoms with Crippen molar-refractivity contribution in [1.29, 1.82) is 0 Å². The van der Waals surface area contributed by atoms with Crippen LogP contribution in [0.3, 0.4) is 0 Å². The molecule has 0 saturated heterocycles. The van der Waals surface area contributed by atoms with Gasteiger partial charge in [0.1, 0.15) is 0 Å². The Morgan fingerprint density at radius 3 is 1.58 bits per heavy atom. The number of anilines is 1. The van der Waals surface area contributed by atoms with Crippen LogP contribution in [0.15, 0.2) is 12.1 Å². The average molecular weight is 165 g/mol. The minimum atomic E-state index is 0.862. The SMILES string of the molecule is CC.Cc1cc(N)cc(C)c1C. The lowest BCUT2D eigenvalue weighted by Crippen LogP contribution is -1.91. The van der Waals surface area contributed by atoms with Gasteiger partial charge in [-0.1, -0.05) is 13.8 Å². The van der Waals surface area contributed by atoms with Gasteiger partial charge < -0.3 is 5.73 Å². The summed E-state index contributed by atoms with van der Waals surface area (Å²) in [6.45, 7) is 10.3. The number of hydrogen-bond donors (Lipinski definition) is 1. The molecule has 0 aliphatic rings. The summed E-state index contributed by atoms with van der Waals surface area (Å²) < 4.78 is 0. The van der Waals surface area contributed by atoms with E-state index in [1.165, 1.54) is 16.7 Å². The molecular weight excluding hydrogens is 146 g/mol. The Kier molecular flexibility index (Phi) is 4.42. The van der Waals surface area contributed by atoms with Crippen molar-refractivity contribution in [3.8, 4) is 0 Å². The second kappa shape index (κ2) is 4.81. The highest BCUT2D eigenvalue weighted by Crippen LogP contribution is 2.15. The molecule has 0 atom stereocenters. The molecule has 0 saturated carbocycles. The normalized spacial score (nSPS) is 8.75. The van der Waals surface area contributed by atoms with Gasteiger partial charge in [0.25, 0.3) is 0 Å². The molecule has 1 nitrogen and oxygen atoms in total. The lowest BCUT2D eigenvalue weighted by atomic mass is 10.0. The maximum Gasteiger partial charge on any atom is 0.0319 e. The number of rotatable bonds is 0. The molecule has 12 heavy (non-hydrogen) atoms. The second-order valence-corrected chi connectivity index (χ2v) is 2.78. The molecule has 68 valence electrons. The molecule has 1 rings (SSSR count). The van der Waals surface area contributed by atoms with Crippen LogP contribution in [0.1, 0.15) is 30.5 Å². The fraction of sp³-hybridized carbons (Fsp3) is 0.455. The van der Waals surface area contributed by atoms with Gasteiger partial charge in [0.05, 0.1) is 0 Å². The van der Waals surface area contributed by atoms with Crippen molar-refractivity contribution in [2.24, 2.45) is 0 Å². The molecule has 0 heterocycles. The van der Waals surface area contributed by atoms with Gasteiger partial charge in [-0.05, 0) is 49.6 Å². The van der Waals surface area contributed by atoms with Crippen LogP contribution in [0.2, 0.25) is 0 Å². The minimum Gasteiger partial charge on any atom is -0.399 e. The van der Waals surface area contributed by atoms with Crippen LogP contribution in [0.4, 0.5) is 5.69 Å². The van der Waals surface area contributed by atoms with E-state index in [1.807, 2.05) is 26.0 Å². The Bertz CT molecular complexity index is 228. The van der Waals surface area contributed by atoms with Crippen LogP contribution < -0.4 is 5.73 Å². The summed E-state index contributed by atoms with van der Waals surface area (Å²) in [4.78, 5) is 0. The van der Waals surface area contributed by atoms with Crippen LogP contribution in [0.5, 0.6) is 0 Å². The molecule has 1 aromatic rings. The van der Waals surface area contributed by atoms with Gasteiger partial charge in [-0.3, -0.25) is 0 Å². The molecule has 1 aromatic carbocycles. The van der Waals surface area contributed by atoms with Crippen molar-refractivity contribution in [2.75, 3.05) is 5.73 Å². The van der Waals surface area contributed by atoms with E-state index >= 15 is 0 Å². The van der Waals surface area contributed by atoms with Crippen molar-refractivity contribution in [3.05, 3.63) is 28.8 Å². The van der Waals surface area contributed by atoms with Gasteiger partial charge in [0, 0.05) is 5.69 Å². The third-order valence-electron chi connectivity index (χ3n) is 1.95. The first kappa shape index (κ1) is 11.0. The largest absolute Gasteiger partial charge is 0.399 e. The predicted molar refractivity (Wildman–Crippen MR) is 56.4 cm³/mol. The molecule has 2 N–H and O–H groups in total. The Labute approximate surface area is 75.6 Å². The van der Waals surface area contributed by atoms with E-state index in [1.54, 1.807) is 0 Å². The summed E-state index contributed by atoms with van der Waals surface area (Å²) in [7, 11) is 0. The minimum absolute atomic E-state index is 0.862. The van der Waals surface area contributed by atoms with Crippen LogP contribution in [-0.4, -0.2) is 0 Å². The average Bonchev–Trinajstić information content (AvgIpc) is 2.04. The smallest absolute Gasteiger partial charge is 0.0319 e. The van der Waals surface area contributed by atoms with Crippen molar-refractivity contribution in [1.82, 2.24) is 0 Å². The maximum atomic E-state index is 5.63. The van der Waals surface area contributed by atoms with E-state index in [-0.39, 0.29) is 0 Å². The fourth-order valence-corrected chi connectivity index (χ4v) is 1.07. The van der Waals surface area contributed by atoms with E-state index < -0.39 is 0 Å². The number of nitrogens with two attached hydrogens (primary N) is 1. The standard InChI is InChI=1S/C9H13N.C2H6/c1-6-4-9(10)5-7(2)8(6)3;1-2/h4-5H,10H2,1-3H3;1-2H3. The van der Waals surface area contributed by atoms with E-state index in [4.69, 9.17) is 5.73 Å². The molecule has 0 aliphatic carbocycles. The number of hydrogen-bond acceptors (Lipinski definition) is 1. The van der Waals surface area contributed by atoms with Gasteiger partial charge in [-0.15, -0.1) is 0 Å². The zero-order chi connectivity index (χ0) is 9.72. The molecule has 0 bridgehead atoms. The van der Waals surface area contributed by atoms with Crippen LogP contribution >= 0.6 is 0 Å². The van der Waals surface area contributed by atoms with Crippen LogP contribution in [0, 0.1) is 20.8 Å². The molecule has 0 radical (unpaired) electrons. The highest BCUT2D eigenvalue weighted by atomic mass is 14.5. The van der Waals surface area contributed by atoms with Gasteiger partial charge in [0.15, 0.2) is 0 Å². The summed E-state index contributed by atoms with van der Waals surface area (Å²) in [5.41, 5.74) is 10.4. The predicted octanol–water partition coefficient (Wildman–Crippen LogP) is 3.22. The lowest BCUT2D eigenvalue weighted by molar-refractivity contribution is 1.27. The zero-order valence-electron chi connectivity index (χ0n) is 8.73. The van der Waals surface area contributed by atoms with Crippen LogP contribution in [-0.2, 0) is 0 Å². The Morgan fingerprint density at radius 2 is 1.25 bits per heavy atom. The monoisotopic (exact) mass is 165 g/mol. The summed E-state index contributed by atoms with van der Waals surface area (Å²) >= 11 is 0. The summed E-state index contributed by atoms with van der Waals surface area (Å²) in [5.74, 6) is 0. The van der Waals surface area contributed by atoms with E-state index in [2.05, 4.69) is 20.8 Å². The quantitative estimate of drug-likeness (QED) is 0.587. The number of nitrogen functional groups attached to an aromatic ring is 1.